The summed E-state index contributed by atoms with van der Waals surface area (Å²) in [5.74, 6) is -0.541. The van der Waals surface area contributed by atoms with Gasteiger partial charge in [0.05, 0.1) is 30.8 Å². The lowest BCUT2D eigenvalue weighted by molar-refractivity contribution is -0.384. The number of ether oxygens (including phenoxy) is 1. The number of rotatable bonds is 7. The molecule has 10 nitrogen and oxygen atoms in total. The van der Waals surface area contributed by atoms with Gasteiger partial charge in [-0.1, -0.05) is 6.92 Å². The number of hydrogen-bond donors (Lipinski definition) is 2. The largest absolute Gasteiger partial charge is 0.466 e. The zero-order chi connectivity index (χ0) is 21.8. The molecule has 1 amide bonds. The number of nitrogens with zero attached hydrogens (tertiary/aromatic N) is 3. The van der Waals surface area contributed by atoms with Crippen molar-refractivity contribution in [2.45, 2.75) is 19.8 Å². The van der Waals surface area contributed by atoms with Gasteiger partial charge in [-0.05, 0) is 30.9 Å². The van der Waals surface area contributed by atoms with Crippen LogP contribution in [0.4, 0.5) is 17.1 Å². The average molecular weight is 418 g/mol. The summed E-state index contributed by atoms with van der Waals surface area (Å²) in [6.45, 7) is 3.49. The van der Waals surface area contributed by atoms with E-state index < -0.39 is 16.8 Å². The number of carbonyl (C=O) groups excluding carboxylic acids is 2. The molecule has 0 spiro atoms. The Kier molecular flexibility index (Phi) is 6.56. The number of amides is 1. The molecule has 0 atom stereocenters. The van der Waals surface area contributed by atoms with E-state index in [9.17, 15) is 19.7 Å². The zero-order valence-electron chi connectivity index (χ0n) is 17.1. The molecule has 1 saturated heterocycles. The van der Waals surface area contributed by atoms with Gasteiger partial charge in [0, 0.05) is 31.4 Å². The van der Waals surface area contributed by atoms with Crippen molar-refractivity contribution in [2.75, 3.05) is 50.1 Å². The Labute approximate surface area is 174 Å². The fourth-order valence-electron chi connectivity index (χ4n) is 3.76. The van der Waals surface area contributed by atoms with Crippen molar-refractivity contribution < 1.29 is 24.4 Å². The van der Waals surface area contributed by atoms with Gasteiger partial charge in [0.15, 0.2) is 0 Å². The standard InChI is InChI=1S/C20H26N4O6/c1-13-5-7-22(8-6-13)16-4-3-14(11-17(16)24(28)29)21-18-15(20(27)30-2)12-23(9-10-25)19(18)26/h3-4,11,13,21,25H,5-10,12H2,1-2H3. The highest BCUT2D eigenvalue weighted by molar-refractivity contribution is 6.08. The van der Waals surface area contributed by atoms with Crippen LogP contribution < -0.4 is 10.2 Å². The van der Waals surface area contributed by atoms with E-state index in [1.165, 1.54) is 18.1 Å². The predicted octanol–water partition coefficient (Wildman–Crippen LogP) is 1.50. The molecule has 3 rings (SSSR count). The molecule has 10 heteroatoms. The minimum absolute atomic E-state index is 0.000535. The third-order valence-corrected chi connectivity index (χ3v) is 5.52. The summed E-state index contributed by atoms with van der Waals surface area (Å²) in [7, 11) is 1.21. The van der Waals surface area contributed by atoms with Gasteiger partial charge in [0.1, 0.15) is 11.4 Å². The second kappa shape index (κ2) is 9.12. The molecular formula is C20H26N4O6. The van der Waals surface area contributed by atoms with E-state index in [1.54, 1.807) is 12.1 Å². The molecule has 0 radical (unpaired) electrons. The van der Waals surface area contributed by atoms with Gasteiger partial charge in [0.25, 0.3) is 11.6 Å². The number of nitro benzene ring substituents is 1. The number of β-amino-alcohol motifs (C(OH)–C–C–N with tert-alkyl or cyclic N) is 1. The second-order valence-corrected chi connectivity index (χ2v) is 7.55. The van der Waals surface area contributed by atoms with E-state index in [1.807, 2.05) is 4.90 Å². The highest BCUT2D eigenvalue weighted by Gasteiger charge is 2.35. The van der Waals surface area contributed by atoms with Crippen LogP contribution in [0.15, 0.2) is 29.5 Å². The van der Waals surface area contributed by atoms with Crippen LogP contribution in [0, 0.1) is 16.0 Å². The van der Waals surface area contributed by atoms with E-state index in [0.717, 1.165) is 25.9 Å². The summed E-state index contributed by atoms with van der Waals surface area (Å²) in [6, 6.07) is 4.70. The highest BCUT2D eigenvalue weighted by Crippen LogP contribution is 2.34. The van der Waals surface area contributed by atoms with Crippen molar-refractivity contribution in [1.82, 2.24) is 4.90 Å². The number of nitro groups is 1. The van der Waals surface area contributed by atoms with Crippen LogP contribution in [-0.4, -0.2) is 66.7 Å². The topological polar surface area (TPSA) is 125 Å². The third-order valence-electron chi connectivity index (χ3n) is 5.52. The first-order valence-corrected chi connectivity index (χ1v) is 9.87. The molecule has 1 aromatic rings. The molecule has 2 heterocycles. The number of methoxy groups -OCH3 is 1. The van der Waals surface area contributed by atoms with Crippen molar-refractivity contribution in [2.24, 2.45) is 5.92 Å². The summed E-state index contributed by atoms with van der Waals surface area (Å²) in [5, 5.41) is 23.7. The van der Waals surface area contributed by atoms with Crippen LogP contribution in [0.1, 0.15) is 19.8 Å². The lowest BCUT2D eigenvalue weighted by Crippen LogP contribution is -2.33. The predicted molar refractivity (Wildman–Crippen MR) is 110 cm³/mol. The lowest BCUT2D eigenvalue weighted by Gasteiger charge is -2.31. The lowest BCUT2D eigenvalue weighted by atomic mass is 9.98. The SMILES string of the molecule is COC(=O)C1=C(Nc2ccc(N3CCC(C)CC3)c([N+](=O)[O-])c2)C(=O)N(CCO)C1. The monoisotopic (exact) mass is 418 g/mol. The van der Waals surface area contributed by atoms with E-state index >= 15 is 0 Å². The summed E-state index contributed by atoms with van der Waals surface area (Å²) in [5.41, 5.74) is 0.926. The Balaban J connectivity index is 1.90. The van der Waals surface area contributed by atoms with Crippen LogP contribution in [0.3, 0.4) is 0 Å². The van der Waals surface area contributed by atoms with Crippen LogP contribution in [-0.2, 0) is 14.3 Å². The Bertz CT molecular complexity index is 876. The number of hydrogen-bond acceptors (Lipinski definition) is 8. The molecule has 1 fully saturated rings. The van der Waals surface area contributed by atoms with Gasteiger partial charge in [0.2, 0.25) is 0 Å². The molecule has 0 aromatic heterocycles. The number of carbonyl (C=O) groups is 2. The first-order chi connectivity index (χ1) is 14.3. The fraction of sp³-hybridized carbons (Fsp3) is 0.500. The molecule has 1 aromatic carbocycles. The van der Waals surface area contributed by atoms with Gasteiger partial charge in [-0.3, -0.25) is 14.9 Å². The first kappa shape index (κ1) is 21.6. The van der Waals surface area contributed by atoms with E-state index in [0.29, 0.717) is 17.3 Å². The minimum atomic E-state index is -0.667. The Morgan fingerprint density at radius 3 is 2.67 bits per heavy atom. The molecule has 2 aliphatic heterocycles. The van der Waals surface area contributed by atoms with Gasteiger partial charge in [-0.15, -0.1) is 0 Å². The van der Waals surface area contributed by atoms with E-state index in [4.69, 9.17) is 9.84 Å². The molecule has 0 unspecified atom stereocenters. The number of nitrogens with one attached hydrogen (secondary N) is 1. The van der Waals surface area contributed by atoms with Gasteiger partial charge in [-0.2, -0.15) is 0 Å². The summed E-state index contributed by atoms with van der Waals surface area (Å²) < 4.78 is 4.75. The number of benzene rings is 1. The average Bonchev–Trinajstić information content (AvgIpc) is 3.04. The van der Waals surface area contributed by atoms with Crippen molar-refractivity contribution in [3.05, 3.63) is 39.6 Å². The quantitative estimate of drug-likeness (QED) is 0.388. The maximum Gasteiger partial charge on any atom is 0.337 e. The second-order valence-electron chi connectivity index (χ2n) is 7.55. The van der Waals surface area contributed by atoms with E-state index in [2.05, 4.69) is 12.2 Å². The normalized spacial score (nSPS) is 17.5. The van der Waals surface area contributed by atoms with Gasteiger partial charge in [-0.25, -0.2) is 4.79 Å². The summed E-state index contributed by atoms with van der Waals surface area (Å²) in [4.78, 5) is 39.3. The number of aliphatic hydroxyl groups excluding tert-OH is 1. The Morgan fingerprint density at radius 1 is 1.37 bits per heavy atom. The minimum Gasteiger partial charge on any atom is -0.466 e. The van der Waals surface area contributed by atoms with E-state index in [-0.39, 0.29) is 36.7 Å². The fourth-order valence-corrected chi connectivity index (χ4v) is 3.76. The summed E-state index contributed by atoms with van der Waals surface area (Å²) >= 11 is 0. The van der Waals surface area contributed by atoms with Crippen molar-refractivity contribution in [1.29, 1.82) is 0 Å². The van der Waals surface area contributed by atoms with Crippen LogP contribution in [0.5, 0.6) is 0 Å². The van der Waals surface area contributed by atoms with Crippen molar-refractivity contribution >= 4 is 28.9 Å². The maximum absolute atomic E-state index is 12.6. The Hall–Kier alpha value is -3.14. The molecule has 0 aliphatic carbocycles. The molecule has 0 saturated carbocycles. The molecule has 2 aliphatic rings. The molecule has 2 N–H and O–H groups in total. The summed E-state index contributed by atoms with van der Waals surface area (Å²) in [6.07, 6.45) is 1.95. The van der Waals surface area contributed by atoms with Gasteiger partial charge < -0.3 is 25.0 Å². The third kappa shape index (κ3) is 4.38. The molecular weight excluding hydrogens is 392 g/mol. The molecule has 162 valence electrons. The molecule has 0 bridgehead atoms. The van der Waals surface area contributed by atoms with Gasteiger partial charge >= 0.3 is 5.97 Å². The highest BCUT2D eigenvalue weighted by atomic mass is 16.6. The van der Waals surface area contributed by atoms with Crippen LogP contribution >= 0.6 is 0 Å². The maximum atomic E-state index is 12.6. The van der Waals surface area contributed by atoms with Crippen molar-refractivity contribution in [3.8, 4) is 0 Å². The zero-order valence-corrected chi connectivity index (χ0v) is 17.1. The number of anilines is 2. The van der Waals surface area contributed by atoms with Crippen molar-refractivity contribution in [3.63, 3.8) is 0 Å². The number of esters is 1. The van der Waals surface area contributed by atoms with Crippen LogP contribution in [0.25, 0.3) is 0 Å². The number of piperidine rings is 1. The smallest absolute Gasteiger partial charge is 0.337 e. The first-order valence-electron chi connectivity index (χ1n) is 9.87. The molecule has 30 heavy (non-hydrogen) atoms. The Morgan fingerprint density at radius 2 is 2.07 bits per heavy atom. The van der Waals surface area contributed by atoms with Crippen LogP contribution in [0.2, 0.25) is 0 Å². The number of aliphatic hydroxyl groups is 1.